The summed E-state index contributed by atoms with van der Waals surface area (Å²) < 4.78 is 25.9. The highest BCUT2D eigenvalue weighted by atomic mass is 16.7. The van der Waals surface area contributed by atoms with Gasteiger partial charge in [-0.05, 0) is 128 Å². The van der Waals surface area contributed by atoms with Crippen LogP contribution in [0, 0.1) is 23.7 Å². The molecule has 2 aliphatic heterocycles. The number of phenols is 1. The van der Waals surface area contributed by atoms with E-state index in [1.165, 1.54) is 12.1 Å². The molecule has 3 fully saturated rings. The summed E-state index contributed by atoms with van der Waals surface area (Å²) in [4.78, 5) is 62.7. The predicted molar refractivity (Wildman–Crippen MR) is 299 cm³/mol. The van der Waals surface area contributed by atoms with E-state index in [0.29, 0.717) is 61.6 Å². The second-order valence-electron chi connectivity index (χ2n) is 23.1. The molecular formula is C63H70N4O15. The largest absolute Gasteiger partial charge is 0.507 e. The van der Waals surface area contributed by atoms with Gasteiger partial charge in [-0.2, -0.15) is 0 Å². The van der Waals surface area contributed by atoms with E-state index < -0.39 is 108 Å². The highest BCUT2D eigenvalue weighted by Crippen LogP contribution is 2.53. The highest BCUT2D eigenvalue weighted by molar-refractivity contribution is 6.32. The van der Waals surface area contributed by atoms with Crippen LogP contribution in [0.25, 0.3) is 12.2 Å². The number of ether oxygens (including phenoxy) is 4. The number of aryl methyl sites for hydroxylation is 1. The zero-order chi connectivity index (χ0) is 57.8. The van der Waals surface area contributed by atoms with Crippen LogP contribution in [-0.4, -0.2) is 127 Å². The van der Waals surface area contributed by atoms with Crippen molar-refractivity contribution in [1.82, 2.24) is 5.32 Å². The minimum absolute atomic E-state index is 0.0271. The Morgan fingerprint density at radius 1 is 0.939 bits per heavy atom. The van der Waals surface area contributed by atoms with Gasteiger partial charge in [-0.1, -0.05) is 67.2 Å². The lowest BCUT2D eigenvalue weighted by molar-refractivity contribution is -0.386. The molecule has 82 heavy (non-hydrogen) atoms. The van der Waals surface area contributed by atoms with Crippen LogP contribution in [0.5, 0.6) is 17.2 Å². The first-order chi connectivity index (χ1) is 39.4. The number of hydrogen-bond acceptors (Lipinski definition) is 19. The Morgan fingerprint density at radius 2 is 1.73 bits per heavy atom. The number of benzene rings is 4. The molecule has 0 unspecified atom stereocenters. The fourth-order valence-electron chi connectivity index (χ4n) is 13.9. The number of rotatable bonds is 11. The van der Waals surface area contributed by atoms with Gasteiger partial charge in [0, 0.05) is 65.3 Å². The molecule has 19 nitrogen and oxygen atoms in total. The van der Waals surface area contributed by atoms with Crippen molar-refractivity contribution in [3.05, 3.63) is 120 Å². The SMILES string of the molecule is CC(=O)Oc1cc(CO)c2c3c1/C=C/c1cccc(c1)C[C@H](O)CC[C@@H](N)C#CCc1c(O[C@H]4O[C@@H](C5CCCC5)[C@@H](O)C(O)(O)[C@H]4OC[C@H]4CCN=C(N)N4)c(Cc4ccc5c(c4C=O)[C@@]4(O)CCC[C@H]4CC5)c(O)c(c1C3=O)C2=O. The molecule has 11 rings (SSSR count). The van der Waals surface area contributed by atoms with Gasteiger partial charge in [0.1, 0.15) is 23.4 Å². The molecule has 7 aliphatic rings. The number of ketones is 2. The topological polar surface area (TPSA) is 323 Å². The van der Waals surface area contributed by atoms with Crippen molar-refractivity contribution in [1.29, 1.82) is 0 Å². The minimum Gasteiger partial charge on any atom is -0.507 e. The summed E-state index contributed by atoms with van der Waals surface area (Å²) in [6.07, 6.45) is 2.29. The number of nitrogens with one attached hydrogen (secondary N) is 1. The molecular weight excluding hydrogens is 1050 g/mol. The van der Waals surface area contributed by atoms with Gasteiger partial charge < -0.3 is 71.5 Å². The molecule has 19 heteroatoms. The van der Waals surface area contributed by atoms with Crippen molar-refractivity contribution in [2.24, 2.45) is 28.3 Å². The van der Waals surface area contributed by atoms with Gasteiger partial charge in [0.05, 0.1) is 48.7 Å². The fourth-order valence-corrected chi connectivity index (χ4v) is 13.9. The molecule has 0 radical (unpaired) electrons. The highest BCUT2D eigenvalue weighted by Gasteiger charge is 2.59. The Bertz CT molecular complexity index is 3350. The first kappa shape index (κ1) is 57.0. The summed E-state index contributed by atoms with van der Waals surface area (Å²) in [5.41, 5.74) is 12.6. The van der Waals surface area contributed by atoms with Gasteiger partial charge in [0.15, 0.2) is 29.9 Å². The summed E-state index contributed by atoms with van der Waals surface area (Å²) in [5.74, 6) is -1.13. The summed E-state index contributed by atoms with van der Waals surface area (Å²) in [6.45, 7) is 0.444. The Labute approximate surface area is 474 Å². The number of aromatic hydroxyl groups is 1. The smallest absolute Gasteiger partial charge is 0.308 e. The van der Waals surface area contributed by atoms with Crippen molar-refractivity contribution in [2.75, 3.05) is 13.2 Å². The van der Waals surface area contributed by atoms with E-state index in [9.17, 15) is 45.3 Å². The van der Waals surface area contributed by atoms with Gasteiger partial charge in [-0.15, -0.1) is 0 Å². The predicted octanol–water partition coefficient (Wildman–Crippen LogP) is 4.06. The fraction of sp³-hybridized carbons (Fsp3) is 0.476. The number of hydrogen-bond donors (Lipinski definition) is 10. The van der Waals surface area contributed by atoms with Crippen LogP contribution in [0.4, 0.5) is 0 Å². The first-order valence-corrected chi connectivity index (χ1v) is 28.5. The van der Waals surface area contributed by atoms with E-state index in [1.54, 1.807) is 24.3 Å². The van der Waals surface area contributed by atoms with Crippen LogP contribution in [0.1, 0.15) is 170 Å². The van der Waals surface area contributed by atoms with Crippen molar-refractivity contribution in [2.45, 2.75) is 164 Å². The van der Waals surface area contributed by atoms with Crippen LogP contribution in [0.3, 0.4) is 0 Å². The van der Waals surface area contributed by atoms with Crippen molar-refractivity contribution >= 4 is 41.9 Å². The van der Waals surface area contributed by atoms with Crippen molar-refractivity contribution in [3.8, 4) is 29.1 Å². The molecule has 2 saturated carbocycles. The average Bonchev–Trinajstić information content (AvgIpc) is 1.04. The molecule has 4 aromatic rings. The molecule has 2 heterocycles. The van der Waals surface area contributed by atoms with E-state index in [4.69, 9.17) is 30.4 Å². The maximum Gasteiger partial charge on any atom is 0.308 e. The summed E-state index contributed by atoms with van der Waals surface area (Å²) in [5, 5.41) is 87.4. The number of fused-ring (bicyclic) bond motifs is 5. The molecule has 4 aromatic carbocycles. The second kappa shape index (κ2) is 23.1. The van der Waals surface area contributed by atoms with E-state index in [-0.39, 0.29) is 94.1 Å². The van der Waals surface area contributed by atoms with E-state index in [1.807, 2.05) is 18.2 Å². The van der Waals surface area contributed by atoms with Crippen LogP contribution in [0.2, 0.25) is 0 Å². The quantitative estimate of drug-likeness (QED) is 0.0293. The average molecular weight is 1120 g/mol. The van der Waals surface area contributed by atoms with E-state index >= 15 is 9.59 Å². The zero-order valence-electron chi connectivity index (χ0n) is 45.7. The minimum atomic E-state index is -3.07. The van der Waals surface area contributed by atoms with Gasteiger partial charge in [0.25, 0.3) is 0 Å². The van der Waals surface area contributed by atoms with Crippen molar-refractivity contribution in [3.63, 3.8) is 0 Å². The standard InChI is InChI=1S/C63H70N4O15/c1-32(70)80-47-28-38(29-68)48-49-43(47)21-14-33-7-4-8-34(25-33)26-42(71)20-19-40(64)12-5-13-44-50(55(49)74)51(54(48)73)53(72)45(27-37-16-15-35-17-18-39-11-6-23-62(39,76)52(35)46(37)30-69)57(44)82-60-59(79-31-41-22-24-66-61(65)67-41)63(77,78)58(75)56(81-60)36-9-2-3-10-36/h4,7-8,14-16,21,25,28,30,36,39-42,56,58-60,68,71-72,75-78H,2-3,6,9-11,13,17-20,22-24,26-27,29,31,64H2,1H3,(H3,65,66,67)/b21-14+/t39-,40-,41+,42+,56-,58+,59-,60+,62+/m0/s1. The summed E-state index contributed by atoms with van der Waals surface area (Å²) in [6, 6.07) is 10.8. The molecule has 1 saturated heterocycles. The first-order valence-electron chi connectivity index (χ1n) is 28.5. The summed E-state index contributed by atoms with van der Waals surface area (Å²) in [7, 11) is 0. The third-order valence-electron chi connectivity index (χ3n) is 17.9. The third-order valence-corrected chi connectivity index (χ3v) is 17.9. The lowest BCUT2D eigenvalue weighted by atomic mass is 9.70. The van der Waals surface area contributed by atoms with Gasteiger partial charge in [-0.3, -0.25) is 24.2 Å². The Morgan fingerprint density at radius 3 is 2.49 bits per heavy atom. The monoisotopic (exact) mass is 1120 g/mol. The lowest BCUT2D eigenvalue weighted by Gasteiger charge is -2.48. The molecule has 4 bridgehead atoms. The van der Waals surface area contributed by atoms with Gasteiger partial charge in [-0.25, -0.2) is 0 Å². The molecule has 0 amide bonds. The van der Waals surface area contributed by atoms with Crippen LogP contribution >= 0.6 is 0 Å². The molecule has 12 N–H and O–H groups in total. The zero-order valence-corrected chi connectivity index (χ0v) is 45.7. The molecule has 9 atom stereocenters. The molecule has 0 aromatic heterocycles. The number of guanidine groups is 1. The number of aldehydes is 1. The lowest BCUT2D eigenvalue weighted by Crippen LogP contribution is -2.69. The van der Waals surface area contributed by atoms with E-state index in [0.717, 1.165) is 50.2 Å². The number of esters is 1. The second-order valence-corrected chi connectivity index (χ2v) is 23.1. The van der Waals surface area contributed by atoms with Gasteiger partial charge in [0.2, 0.25) is 12.1 Å². The maximum atomic E-state index is 16.2. The Balaban J connectivity index is 1.17. The van der Waals surface area contributed by atoms with Gasteiger partial charge >= 0.3 is 5.97 Å². The number of aliphatic hydroxyl groups excluding tert-OH is 3. The Kier molecular flexibility index (Phi) is 16.0. The molecule has 432 valence electrons. The van der Waals surface area contributed by atoms with Crippen LogP contribution in [0.15, 0.2) is 47.5 Å². The number of nitrogens with zero attached hydrogens (tertiary/aromatic N) is 1. The molecule has 0 spiro atoms. The Hall–Kier alpha value is -6.83. The normalized spacial score (nSPS) is 28.0. The maximum absolute atomic E-state index is 16.2. The van der Waals surface area contributed by atoms with Crippen LogP contribution in [-0.2, 0) is 52.2 Å². The third kappa shape index (κ3) is 10.5. The van der Waals surface area contributed by atoms with Crippen molar-refractivity contribution < 1.29 is 73.9 Å². The summed E-state index contributed by atoms with van der Waals surface area (Å²) >= 11 is 0. The van der Waals surface area contributed by atoms with E-state index in [2.05, 4.69) is 22.2 Å². The number of carbonyl (C=O) groups excluding carboxylic acids is 4. The number of aliphatic imine (C=N–C) groups is 1. The molecule has 5 aliphatic carbocycles. The number of phenolic OH excluding ortho intramolecular Hbond substituents is 1. The van der Waals surface area contributed by atoms with Crippen LogP contribution < -0.4 is 26.3 Å². The number of nitrogens with two attached hydrogens (primary N) is 2. The number of carbonyl (C=O) groups is 4. The number of aliphatic hydroxyl groups is 6.